The number of carbonyl (C=O) groups excluding carboxylic acids is 2. The summed E-state index contributed by atoms with van der Waals surface area (Å²) in [7, 11) is 4.37. The molecule has 0 spiro atoms. The lowest BCUT2D eigenvalue weighted by Crippen LogP contribution is -2.31. The number of anilines is 2. The van der Waals surface area contributed by atoms with E-state index in [0.29, 0.717) is 34.4 Å². The predicted octanol–water partition coefficient (Wildman–Crippen LogP) is 3.01. The molecule has 1 aliphatic rings. The van der Waals surface area contributed by atoms with Crippen molar-refractivity contribution in [3.05, 3.63) is 71.2 Å². The molecule has 0 aliphatic carbocycles. The van der Waals surface area contributed by atoms with Gasteiger partial charge in [-0.3, -0.25) is 4.79 Å². The smallest absolute Gasteiger partial charge is 0.378 e. The Morgan fingerprint density at radius 1 is 1.03 bits per heavy atom. The predicted molar refractivity (Wildman–Crippen MR) is 120 cm³/mol. The summed E-state index contributed by atoms with van der Waals surface area (Å²) >= 11 is 0. The highest BCUT2D eigenvalue weighted by Gasteiger charge is 2.35. The van der Waals surface area contributed by atoms with E-state index in [9.17, 15) is 9.59 Å². The molecule has 0 bridgehead atoms. The van der Waals surface area contributed by atoms with Crippen molar-refractivity contribution in [3.63, 3.8) is 0 Å². The van der Waals surface area contributed by atoms with Crippen LogP contribution in [0.3, 0.4) is 0 Å². The molecule has 2 heterocycles. The van der Waals surface area contributed by atoms with Gasteiger partial charge in [-0.2, -0.15) is 4.98 Å². The third-order valence-corrected chi connectivity index (χ3v) is 5.25. The van der Waals surface area contributed by atoms with E-state index in [2.05, 4.69) is 20.7 Å². The molecule has 2 aromatic carbocycles. The SMILES string of the molecule is COC(=O)c1nc2n(n1)[C@H](c1ccc(OC)cc1)C(C(=O)Nc1ccccc1OC)=C(C)N2. The van der Waals surface area contributed by atoms with Gasteiger partial charge in [-0.05, 0) is 36.8 Å². The molecular weight excluding hydrogens is 426 g/mol. The highest BCUT2D eigenvalue weighted by molar-refractivity contribution is 6.06. The van der Waals surface area contributed by atoms with E-state index >= 15 is 0 Å². The van der Waals surface area contributed by atoms with Crippen LogP contribution in [0.15, 0.2) is 59.8 Å². The van der Waals surface area contributed by atoms with Crippen molar-refractivity contribution in [1.82, 2.24) is 14.8 Å². The van der Waals surface area contributed by atoms with Gasteiger partial charge in [0.15, 0.2) is 0 Å². The molecule has 1 atom stereocenters. The molecule has 10 nitrogen and oxygen atoms in total. The first-order chi connectivity index (χ1) is 16.0. The number of nitrogens with one attached hydrogen (secondary N) is 2. The summed E-state index contributed by atoms with van der Waals surface area (Å²) in [4.78, 5) is 29.8. The quantitative estimate of drug-likeness (QED) is 0.552. The summed E-state index contributed by atoms with van der Waals surface area (Å²) in [5.41, 5.74) is 2.25. The number of hydrogen-bond donors (Lipinski definition) is 2. The summed E-state index contributed by atoms with van der Waals surface area (Å²) in [6.45, 7) is 1.77. The minimum Gasteiger partial charge on any atom is -0.497 e. The van der Waals surface area contributed by atoms with Gasteiger partial charge < -0.3 is 24.8 Å². The number of esters is 1. The summed E-state index contributed by atoms with van der Waals surface area (Å²) in [6.07, 6.45) is 0. The molecular formula is C23H23N5O5. The van der Waals surface area contributed by atoms with E-state index in [1.165, 1.54) is 18.9 Å². The zero-order valence-electron chi connectivity index (χ0n) is 18.6. The van der Waals surface area contributed by atoms with Crippen LogP contribution in [0.5, 0.6) is 11.5 Å². The second-order valence-electron chi connectivity index (χ2n) is 7.19. The standard InChI is InChI=1S/C23H23N5O5/c1-13-18(21(29)25-16-7-5-6-8-17(16)32-3)19(14-9-11-15(31-2)12-10-14)28-23(24-13)26-20(27-28)22(30)33-4/h5-12,19H,1-4H3,(H,25,29)(H,24,26,27)/t19-/m1/s1. The Morgan fingerprint density at radius 2 is 1.76 bits per heavy atom. The third kappa shape index (κ3) is 4.10. The number of allylic oxidation sites excluding steroid dienone is 1. The zero-order chi connectivity index (χ0) is 23.5. The maximum Gasteiger partial charge on any atom is 0.378 e. The molecule has 33 heavy (non-hydrogen) atoms. The average Bonchev–Trinajstić information content (AvgIpc) is 3.26. The molecule has 0 fully saturated rings. The Labute approximate surface area is 190 Å². The third-order valence-electron chi connectivity index (χ3n) is 5.25. The van der Waals surface area contributed by atoms with Gasteiger partial charge in [0.05, 0.1) is 32.6 Å². The Kier molecular flexibility index (Phi) is 5.99. The van der Waals surface area contributed by atoms with E-state index in [1.54, 1.807) is 44.4 Å². The van der Waals surface area contributed by atoms with Crippen LogP contribution in [0, 0.1) is 0 Å². The number of hydrogen-bond acceptors (Lipinski definition) is 8. The summed E-state index contributed by atoms with van der Waals surface area (Å²) in [5, 5.41) is 10.3. The number of nitrogens with zero attached hydrogens (tertiary/aromatic N) is 3. The molecule has 0 radical (unpaired) electrons. The Balaban J connectivity index is 1.80. The van der Waals surface area contributed by atoms with Crippen LogP contribution in [0.2, 0.25) is 0 Å². The van der Waals surface area contributed by atoms with Gasteiger partial charge in [-0.15, -0.1) is 5.10 Å². The van der Waals surface area contributed by atoms with Crippen LogP contribution in [0.4, 0.5) is 11.6 Å². The maximum atomic E-state index is 13.5. The number of rotatable bonds is 6. The van der Waals surface area contributed by atoms with Crippen molar-refractivity contribution in [2.24, 2.45) is 0 Å². The largest absolute Gasteiger partial charge is 0.497 e. The first-order valence-corrected chi connectivity index (χ1v) is 10.1. The van der Waals surface area contributed by atoms with Crippen LogP contribution in [-0.4, -0.2) is 48.0 Å². The number of para-hydroxylation sites is 2. The van der Waals surface area contributed by atoms with Crippen molar-refractivity contribution in [1.29, 1.82) is 0 Å². The molecule has 0 unspecified atom stereocenters. The molecule has 0 saturated carbocycles. The Hall–Kier alpha value is -4.34. The molecule has 170 valence electrons. The molecule has 1 aliphatic heterocycles. The number of fused-ring (bicyclic) bond motifs is 1. The first-order valence-electron chi connectivity index (χ1n) is 10.1. The number of amides is 1. The van der Waals surface area contributed by atoms with E-state index in [1.807, 2.05) is 18.2 Å². The van der Waals surface area contributed by atoms with Gasteiger partial charge in [0, 0.05) is 5.70 Å². The van der Waals surface area contributed by atoms with Gasteiger partial charge in [0.1, 0.15) is 17.5 Å². The molecule has 3 aromatic rings. The highest BCUT2D eigenvalue weighted by atomic mass is 16.5. The molecule has 0 saturated heterocycles. The van der Waals surface area contributed by atoms with Crippen LogP contribution < -0.4 is 20.1 Å². The number of aromatic nitrogens is 3. The van der Waals surface area contributed by atoms with Crippen molar-refractivity contribution in [3.8, 4) is 11.5 Å². The highest BCUT2D eigenvalue weighted by Crippen LogP contribution is 2.37. The minimum atomic E-state index is -0.676. The number of benzene rings is 2. The van der Waals surface area contributed by atoms with Gasteiger partial charge in [-0.1, -0.05) is 24.3 Å². The Bertz CT molecular complexity index is 1230. The zero-order valence-corrected chi connectivity index (χ0v) is 18.6. The van der Waals surface area contributed by atoms with Gasteiger partial charge in [0.25, 0.3) is 11.7 Å². The Morgan fingerprint density at radius 3 is 2.42 bits per heavy atom. The van der Waals surface area contributed by atoms with Gasteiger partial charge in [0.2, 0.25) is 5.95 Å². The molecule has 1 aromatic heterocycles. The maximum absolute atomic E-state index is 13.5. The van der Waals surface area contributed by atoms with Gasteiger partial charge >= 0.3 is 5.97 Å². The lowest BCUT2D eigenvalue weighted by molar-refractivity contribution is -0.113. The summed E-state index contributed by atoms with van der Waals surface area (Å²) < 4.78 is 16.9. The normalized spacial score (nSPS) is 14.7. The fraction of sp³-hybridized carbons (Fsp3) is 0.217. The minimum absolute atomic E-state index is 0.113. The first kappa shape index (κ1) is 21.9. The summed E-state index contributed by atoms with van der Waals surface area (Å²) in [6, 6.07) is 13.7. The lowest BCUT2D eigenvalue weighted by Gasteiger charge is -2.29. The molecule has 1 amide bonds. The molecule has 10 heteroatoms. The van der Waals surface area contributed by atoms with E-state index in [4.69, 9.17) is 14.2 Å². The van der Waals surface area contributed by atoms with Gasteiger partial charge in [-0.25, -0.2) is 9.48 Å². The van der Waals surface area contributed by atoms with Crippen molar-refractivity contribution < 1.29 is 23.8 Å². The second kappa shape index (κ2) is 9.03. The summed E-state index contributed by atoms with van der Waals surface area (Å²) in [5.74, 6) is 0.377. The van der Waals surface area contributed by atoms with E-state index < -0.39 is 12.0 Å². The number of ether oxygens (including phenoxy) is 3. The van der Waals surface area contributed by atoms with Crippen LogP contribution in [-0.2, 0) is 9.53 Å². The fourth-order valence-electron chi connectivity index (χ4n) is 3.65. The topological polar surface area (TPSA) is 117 Å². The second-order valence-corrected chi connectivity index (χ2v) is 7.19. The lowest BCUT2D eigenvalue weighted by atomic mass is 9.95. The fourth-order valence-corrected chi connectivity index (χ4v) is 3.65. The van der Waals surface area contributed by atoms with Crippen LogP contribution in [0.1, 0.15) is 29.1 Å². The molecule has 2 N–H and O–H groups in total. The van der Waals surface area contributed by atoms with Crippen LogP contribution in [0.25, 0.3) is 0 Å². The average molecular weight is 449 g/mol. The van der Waals surface area contributed by atoms with E-state index in [-0.39, 0.29) is 11.7 Å². The van der Waals surface area contributed by atoms with E-state index in [0.717, 1.165) is 5.56 Å². The van der Waals surface area contributed by atoms with Crippen molar-refractivity contribution in [2.45, 2.75) is 13.0 Å². The number of carbonyl (C=O) groups is 2. The monoisotopic (exact) mass is 449 g/mol. The van der Waals surface area contributed by atoms with Crippen molar-refractivity contribution >= 4 is 23.5 Å². The molecule has 4 rings (SSSR count). The van der Waals surface area contributed by atoms with Crippen LogP contribution >= 0.6 is 0 Å². The van der Waals surface area contributed by atoms with Crippen molar-refractivity contribution in [2.75, 3.05) is 32.0 Å². The number of methoxy groups -OCH3 is 3.